The van der Waals surface area contributed by atoms with Crippen molar-refractivity contribution in [1.82, 2.24) is 15.2 Å². The van der Waals surface area contributed by atoms with E-state index in [0.717, 1.165) is 4.88 Å². The maximum atomic E-state index is 11.4. The zero-order valence-electron chi connectivity index (χ0n) is 8.77. The number of anilines is 1. The van der Waals surface area contributed by atoms with Crippen LogP contribution in [0.4, 0.5) is 5.82 Å². The van der Waals surface area contributed by atoms with Gasteiger partial charge in [0.25, 0.3) is 0 Å². The van der Waals surface area contributed by atoms with Gasteiger partial charge in [0.1, 0.15) is 10.8 Å². The van der Waals surface area contributed by atoms with E-state index in [4.69, 9.17) is 5.73 Å². The molecule has 6 nitrogen and oxygen atoms in total. The van der Waals surface area contributed by atoms with Crippen LogP contribution in [-0.4, -0.2) is 28.3 Å². The molecule has 0 bridgehead atoms. The molecule has 0 radical (unpaired) electrons. The second-order valence-corrected chi connectivity index (χ2v) is 4.32. The predicted molar refractivity (Wildman–Crippen MR) is 60.2 cm³/mol. The summed E-state index contributed by atoms with van der Waals surface area (Å²) in [7, 11) is 1.33. The number of thiazole rings is 1. The summed E-state index contributed by atoms with van der Waals surface area (Å²) in [6, 6.07) is 0. The average Bonchev–Trinajstić information content (AvgIpc) is 2.83. The monoisotopic (exact) mass is 238 g/mol. The number of nitrogen functional groups attached to an aromatic ring is 1. The molecule has 2 heterocycles. The van der Waals surface area contributed by atoms with Gasteiger partial charge in [0.15, 0.2) is 5.69 Å². The van der Waals surface area contributed by atoms with Crippen molar-refractivity contribution in [3.63, 3.8) is 0 Å². The van der Waals surface area contributed by atoms with Crippen molar-refractivity contribution in [2.75, 3.05) is 12.8 Å². The van der Waals surface area contributed by atoms with Gasteiger partial charge < -0.3 is 10.5 Å². The fourth-order valence-electron chi connectivity index (χ4n) is 1.26. The standard InChI is InChI=1S/C9H10N4O2S/c1-4-6(9(14)15-2)12-8(16-4)5-3-11-13-7(5)10/h3H,1-2H3,(H3,10,11,13). The van der Waals surface area contributed by atoms with E-state index >= 15 is 0 Å². The van der Waals surface area contributed by atoms with Gasteiger partial charge in [0.05, 0.1) is 18.9 Å². The van der Waals surface area contributed by atoms with Crippen molar-refractivity contribution >= 4 is 23.1 Å². The molecule has 7 heteroatoms. The molecule has 0 aliphatic heterocycles. The number of nitrogens with one attached hydrogen (secondary N) is 1. The summed E-state index contributed by atoms with van der Waals surface area (Å²) in [6.07, 6.45) is 1.58. The minimum Gasteiger partial charge on any atom is -0.464 e. The number of methoxy groups -OCH3 is 1. The molecule has 0 atom stereocenters. The van der Waals surface area contributed by atoms with Crippen LogP contribution in [0.2, 0.25) is 0 Å². The number of H-pyrrole nitrogens is 1. The first-order chi connectivity index (χ1) is 7.63. The molecule has 0 saturated carbocycles. The number of hydrogen-bond donors (Lipinski definition) is 2. The molecule has 0 amide bonds. The molecular formula is C9H10N4O2S. The highest BCUT2D eigenvalue weighted by Crippen LogP contribution is 2.30. The maximum absolute atomic E-state index is 11.4. The number of carbonyl (C=O) groups excluding carboxylic acids is 1. The van der Waals surface area contributed by atoms with Gasteiger partial charge in [-0.3, -0.25) is 5.10 Å². The normalized spacial score (nSPS) is 10.4. The SMILES string of the molecule is COC(=O)c1nc(-c2cn[nH]c2N)sc1C. The summed E-state index contributed by atoms with van der Waals surface area (Å²) < 4.78 is 4.63. The third kappa shape index (κ3) is 1.65. The highest BCUT2D eigenvalue weighted by Gasteiger charge is 2.18. The van der Waals surface area contributed by atoms with Crippen LogP contribution in [0.1, 0.15) is 15.4 Å². The van der Waals surface area contributed by atoms with E-state index in [2.05, 4.69) is 19.9 Å². The van der Waals surface area contributed by atoms with Crippen LogP contribution in [0.25, 0.3) is 10.6 Å². The fourth-order valence-corrected chi connectivity index (χ4v) is 2.19. The predicted octanol–water partition coefficient (Wildman–Crippen LogP) is 1.21. The molecule has 0 saturated heterocycles. The van der Waals surface area contributed by atoms with Gasteiger partial charge in [-0.2, -0.15) is 5.10 Å². The Bertz CT molecular complexity index is 531. The van der Waals surface area contributed by atoms with Crippen molar-refractivity contribution < 1.29 is 9.53 Å². The summed E-state index contributed by atoms with van der Waals surface area (Å²) in [4.78, 5) is 16.4. The van der Waals surface area contributed by atoms with Crippen molar-refractivity contribution in [1.29, 1.82) is 0 Å². The molecule has 0 spiro atoms. The quantitative estimate of drug-likeness (QED) is 0.767. The average molecular weight is 238 g/mol. The topological polar surface area (TPSA) is 93.9 Å². The number of hydrogen-bond acceptors (Lipinski definition) is 6. The van der Waals surface area contributed by atoms with Crippen molar-refractivity contribution in [2.45, 2.75) is 6.92 Å². The van der Waals surface area contributed by atoms with E-state index in [9.17, 15) is 4.79 Å². The van der Waals surface area contributed by atoms with Crippen LogP contribution in [0.5, 0.6) is 0 Å². The second-order valence-electron chi connectivity index (χ2n) is 3.11. The van der Waals surface area contributed by atoms with Crippen LogP contribution in [0.3, 0.4) is 0 Å². The van der Waals surface area contributed by atoms with Crippen LogP contribution in [0, 0.1) is 6.92 Å². The Balaban J connectivity index is 2.46. The number of carbonyl (C=O) groups is 1. The first-order valence-corrected chi connectivity index (χ1v) is 5.30. The van der Waals surface area contributed by atoms with Crippen LogP contribution >= 0.6 is 11.3 Å². The number of aryl methyl sites for hydroxylation is 1. The molecule has 2 rings (SSSR count). The van der Waals surface area contributed by atoms with Gasteiger partial charge in [-0.05, 0) is 6.92 Å². The first-order valence-electron chi connectivity index (χ1n) is 4.48. The highest BCUT2D eigenvalue weighted by molar-refractivity contribution is 7.15. The number of aromatic amines is 1. The summed E-state index contributed by atoms with van der Waals surface area (Å²) in [6.45, 7) is 1.81. The minimum absolute atomic E-state index is 0.322. The van der Waals surface area contributed by atoms with Crippen molar-refractivity contribution in [2.24, 2.45) is 0 Å². The number of nitrogens with two attached hydrogens (primary N) is 1. The van der Waals surface area contributed by atoms with Gasteiger partial charge in [0, 0.05) is 4.88 Å². The van der Waals surface area contributed by atoms with E-state index in [1.165, 1.54) is 18.4 Å². The fraction of sp³-hybridized carbons (Fsp3) is 0.222. The number of ether oxygens (including phenoxy) is 1. The Morgan fingerprint density at radius 2 is 2.38 bits per heavy atom. The lowest BCUT2D eigenvalue weighted by atomic mass is 10.3. The number of aromatic nitrogens is 3. The van der Waals surface area contributed by atoms with Gasteiger partial charge in [-0.1, -0.05) is 0 Å². The zero-order chi connectivity index (χ0) is 11.7. The molecule has 0 fully saturated rings. The lowest BCUT2D eigenvalue weighted by Gasteiger charge is -1.93. The second kappa shape index (κ2) is 3.93. The Morgan fingerprint density at radius 3 is 2.94 bits per heavy atom. The molecule has 0 unspecified atom stereocenters. The molecule has 3 N–H and O–H groups in total. The Morgan fingerprint density at radius 1 is 1.62 bits per heavy atom. The Hall–Kier alpha value is -1.89. The van der Waals surface area contributed by atoms with Crippen LogP contribution < -0.4 is 5.73 Å². The molecule has 16 heavy (non-hydrogen) atoms. The van der Waals surface area contributed by atoms with Gasteiger partial charge in [-0.25, -0.2) is 9.78 Å². The highest BCUT2D eigenvalue weighted by atomic mass is 32.1. The van der Waals surface area contributed by atoms with E-state index in [1.54, 1.807) is 6.20 Å². The van der Waals surface area contributed by atoms with E-state index in [1.807, 2.05) is 6.92 Å². The summed E-state index contributed by atoms with van der Waals surface area (Å²) in [5.74, 6) is -0.00719. The van der Waals surface area contributed by atoms with Gasteiger partial charge in [-0.15, -0.1) is 11.3 Å². The molecular weight excluding hydrogens is 228 g/mol. The number of nitrogens with zero attached hydrogens (tertiary/aromatic N) is 2. The van der Waals surface area contributed by atoms with Gasteiger partial charge >= 0.3 is 5.97 Å². The van der Waals surface area contributed by atoms with E-state index in [0.29, 0.717) is 22.1 Å². The van der Waals surface area contributed by atoms with Crippen molar-refractivity contribution in [3.05, 3.63) is 16.8 Å². The molecule has 0 aromatic carbocycles. The molecule has 2 aromatic rings. The van der Waals surface area contributed by atoms with Crippen LogP contribution in [-0.2, 0) is 4.74 Å². The van der Waals surface area contributed by atoms with Gasteiger partial charge in [0.2, 0.25) is 0 Å². The maximum Gasteiger partial charge on any atom is 0.357 e. The molecule has 0 aliphatic rings. The molecule has 2 aromatic heterocycles. The van der Waals surface area contributed by atoms with E-state index in [-0.39, 0.29) is 0 Å². The Kier molecular flexibility index (Phi) is 2.61. The summed E-state index contributed by atoms with van der Waals surface area (Å²) in [5.41, 5.74) is 6.69. The zero-order valence-corrected chi connectivity index (χ0v) is 9.59. The number of rotatable bonds is 2. The van der Waals surface area contributed by atoms with Crippen molar-refractivity contribution in [3.8, 4) is 10.6 Å². The third-order valence-corrected chi connectivity index (χ3v) is 3.08. The summed E-state index contributed by atoms with van der Waals surface area (Å²) >= 11 is 1.38. The molecule has 84 valence electrons. The lowest BCUT2D eigenvalue weighted by molar-refractivity contribution is 0.0594. The smallest absolute Gasteiger partial charge is 0.357 e. The third-order valence-electron chi connectivity index (χ3n) is 2.07. The largest absolute Gasteiger partial charge is 0.464 e. The minimum atomic E-state index is -0.443. The van der Waals surface area contributed by atoms with Crippen LogP contribution in [0.15, 0.2) is 6.20 Å². The Labute approximate surface area is 95.5 Å². The first kappa shape index (κ1) is 10.6. The lowest BCUT2D eigenvalue weighted by Crippen LogP contribution is -2.03. The van der Waals surface area contributed by atoms with E-state index < -0.39 is 5.97 Å². The molecule has 0 aliphatic carbocycles. The summed E-state index contributed by atoms with van der Waals surface area (Å²) in [5, 5.41) is 7.08. The number of esters is 1.